The minimum absolute atomic E-state index is 0.0526. The molecule has 126 valence electrons. The van der Waals surface area contributed by atoms with Crippen molar-refractivity contribution in [2.75, 3.05) is 18.4 Å². The summed E-state index contributed by atoms with van der Waals surface area (Å²) < 4.78 is 12.8. The molecule has 0 aliphatic rings. The summed E-state index contributed by atoms with van der Waals surface area (Å²) in [6.07, 6.45) is -0.972. The van der Waals surface area contributed by atoms with E-state index in [4.69, 9.17) is 0 Å². The molecule has 0 aromatic heterocycles. The molecule has 2 aromatic carbocycles. The summed E-state index contributed by atoms with van der Waals surface area (Å²) in [6.45, 7) is -0.232. The van der Waals surface area contributed by atoms with Crippen LogP contribution in [0.25, 0.3) is 0 Å². The standard InChI is InChI=1S/C16H16FN3O4/c17-12-7-5-11(6-8-12)15(21)9-19-16(22)10-18-13-3-1-2-4-14(13)20(23)24/h1-8,15,18,21H,9-10H2,(H,19,22). The SMILES string of the molecule is O=C(CNc1ccccc1[N+](=O)[O-])NCC(O)c1ccc(F)cc1. The summed E-state index contributed by atoms with van der Waals surface area (Å²) in [7, 11) is 0. The monoisotopic (exact) mass is 333 g/mol. The Hall–Kier alpha value is -3.00. The van der Waals surface area contributed by atoms with Crippen LogP contribution in [0, 0.1) is 15.9 Å². The molecule has 1 atom stereocenters. The number of carbonyl (C=O) groups excluding carboxylic acids is 1. The Morgan fingerprint density at radius 1 is 1.21 bits per heavy atom. The molecule has 8 heteroatoms. The number of rotatable bonds is 7. The fourth-order valence-corrected chi connectivity index (χ4v) is 2.03. The molecule has 24 heavy (non-hydrogen) atoms. The summed E-state index contributed by atoms with van der Waals surface area (Å²) >= 11 is 0. The summed E-state index contributed by atoms with van der Waals surface area (Å²) in [5.41, 5.74) is 0.580. The lowest BCUT2D eigenvalue weighted by Gasteiger charge is -2.13. The van der Waals surface area contributed by atoms with E-state index in [0.29, 0.717) is 5.56 Å². The number of anilines is 1. The van der Waals surface area contributed by atoms with Crippen molar-refractivity contribution < 1.29 is 19.2 Å². The predicted molar refractivity (Wildman–Crippen MR) is 86.0 cm³/mol. The second-order valence-electron chi connectivity index (χ2n) is 5.00. The summed E-state index contributed by atoms with van der Waals surface area (Å²) in [5, 5.41) is 26.0. The smallest absolute Gasteiger partial charge is 0.292 e. The Morgan fingerprint density at radius 3 is 2.54 bits per heavy atom. The van der Waals surface area contributed by atoms with E-state index in [1.807, 2.05) is 0 Å². The molecule has 1 amide bonds. The molecule has 0 aliphatic heterocycles. The molecule has 0 fully saturated rings. The zero-order valence-electron chi connectivity index (χ0n) is 12.6. The number of para-hydroxylation sites is 2. The third kappa shape index (κ3) is 4.75. The van der Waals surface area contributed by atoms with Crippen LogP contribution in [0.2, 0.25) is 0 Å². The molecule has 1 unspecified atom stereocenters. The minimum Gasteiger partial charge on any atom is -0.387 e. The highest BCUT2D eigenvalue weighted by molar-refractivity contribution is 5.81. The first-order chi connectivity index (χ1) is 11.5. The third-order valence-electron chi connectivity index (χ3n) is 3.29. The van der Waals surface area contributed by atoms with Crippen LogP contribution in [0.5, 0.6) is 0 Å². The van der Waals surface area contributed by atoms with Gasteiger partial charge in [0.05, 0.1) is 17.6 Å². The van der Waals surface area contributed by atoms with Gasteiger partial charge in [-0.3, -0.25) is 14.9 Å². The molecule has 0 saturated heterocycles. The number of hydrogen-bond donors (Lipinski definition) is 3. The van der Waals surface area contributed by atoms with Crippen LogP contribution in [0.4, 0.5) is 15.8 Å². The van der Waals surface area contributed by atoms with Crippen LogP contribution in [0.1, 0.15) is 11.7 Å². The number of nitrogens with zero attached hydrogens (tertiary/aromatic N) is 1. The number of amides is 1. The van der Waals surface area contributed by atoms with Gasteiger partial charge in [0.15, 0.2) is 0 Å². The zero-order valence-corrected chi connectivity index (χ0v) is 12.6. The van der Waals surface area contributed by atoms with Crippen molar-refractivity contribution in [3.05, 3.63) is 70.0 Å². The molecule has 2 aromatic rings. The van der Waals surface area contributed by atoms with Crippen molar-refractivity contribution in [2.45, 2.75) is 6.10 Å². The molecule has 0 radical (unpaired) electrons. The van der Waals surface area contributed by atoms with Crippen LogP contribution >= 0.6 is 0 Å². The van der Waals surface area contributed by atoms with Crippen LogP contribution in [0.3, 0.4) is 0 Å². The van der Waals surface area contributed by atoms with E-state index in [1.165, 1.54) is 42.5 Å². The molecule has 0 spiro atoms. The lowest BCUT2D eigenvalue weighted by molar-refractivity contribution is -0.383. The van der Waals surface area contributed by atoms with Gasteiger partial charge in [-0.1, -0.05) is 24.3 Å². The molecule has 0 saturated carbocycles. The van der Waals surface area contributed by atoms with Gasteiger partial charge < -0.3 is 15.7 Å². The number of aliphatic hydroxyl groups excluding tert-OH is 1. The fourth-order valence-electron chi connectivity index (χ4n) is 2.03. The van der Waals surface area contributed by atoms with Crippen LogP contribution < -0.4 is 10.6 Å². The number of nitro groups is 1. The molecular formula is C16H16FN3O4. The van der Waals surface area contributed by atoms with Crippen molar-refractivity contribution in [2.24, 2.45) is 0 Å². The third-order valence-corrected chi connectivity index (χ3v) is 3.29. The highest BCUT2D eigenvalue weighted by Crippen LogP contribution is 2.22. The maximum absolute atomic E-state index is 12.8. The lowest BCUT2D eigenvalue weighted by Crippen LogP contribution is -2.33. The highest BCUT2D eigenvalue weighted by Gasteiger charge is 2.14. The molecular weight excluding hydrogens is 317 g/mol. The Morgan fingerprint density at radius 2 is 1.88 bits per heavy atom. The Kier molecular flexibility index (Phi) is 5.80. The number of aliphatic hydroxyl groups is 1. The molecule has 0 bridgehead atoms. The van der Waals surface area contributed by atoms with E-state index in [-0.39, 0.29) is 24.5 Å². The normalized spacial score (nSPS) is 11.6. The quantitative estimate of drug-likeness (QED) is 0.531. The number of halogens is 1. The highest BCUT2D eigenvalue weighted by atomic mass is 19.1. The molecule has 3 N–H and O–H groups in total. The first kappa shape index (κ1) is 17.4. The van der Waals surface area contributed by atoms with Gasteiger partial charge in [-0.15, -0.1) is 0 Å². The first-order valence-electron chi connectivity index (χ1n) is 7.15. The van der Waals surface area contributed by atoms with Crippen molar-refractivity contribution in [1.29, 1.82) is 0 Å². The van der Waals surface area contributed by atoms with Crippen molar-refractivity contribution in [3.8, 4) is 0 Å². The summed E-state index contributed by atoms with van der Waals surface area (Å²) in [5.74, 6) is -0.849. The van der Waals surface area contributed by atoms with E-state index in [0.717, 1.165) is 0 Å². The summed E-state index contributed by atoms with van der Waals surface area (Å²) in [4.78, 5) is 22.1. The Balaban J connectivity index is 1.83. The van der Waals surface area contributed by atoms with E-state index >= 15 is 0 Å². The van der Waals surface area contributed by atoms with Gasteiger partial charge >= 0.3 is 0 Å². The van der Waals surface area contributed by atoms with E-state index in [1.54, 1.807) is 6.07 Å². The van der Waals surface area contributed by atoms with Crippen molar-refractivity contribution in [1.82, 2.24) is 5.32 Å². The van der Waals surface area contributed by atoms with Crippen LogP contribution in [-0.4, -0.2) is 29.0 Å². The number of benzene rings is 2. The maximum atomic E-state index is 12.8. The molecule has 0 aliphatic carbocycles. The number of carbonyl (C=O) groups is 1. The van der Waals surface area contributed by atoms with E-state index in [9.17, 15) is 24.4 Å². The number of nitro benzene ring substituents is 1. The van der Waals surface area contributed by atoms with Gasteiger partial charge in [0.25, 0.3) is 5.69 Å². The average Bonchev–Trinajstić information content (AvgIpc) is 2.58. The van der Waals surface area contributed by atoms with Gasteiger partial charge in [-0.25, -0.2) is 4.39 Å². The average molecular weight is 333 g/mol. The number of hydrogen-bond acceptors (Lipinski definition) is 5. The fraction of sp³-hybridized carbons (Fsp3) is 0.188. The largest absolute Gasteiger partial charge is 0.387 e. The number of nitrogens with one attached hydrogen (secondary N) is 2. The second kappa shape index (κ2) is 8.02. The van der Waals surface area contributed by atoms with Crippen LogP contribution in [0.15, 0.2) is 48.5 Å². The predicted octanol–water partition coefficient (Wildman–Crippen LogP) is 2.00. The summed E-state index contributed by atoms with van der Waals surface area (Å²) in [6, 6.07) is 11.3. The zero-order chi connectivity index (χ0) is 17.5. The van der Waals surface area contributed by atoms with Gasteiger partial charge in [0.1, 0.15) is 11.5 Å². The van der Waals surface area contributed by atoms with E-state index < -0.39 is 22.8 Å². The van der Waals surface area contributed by atoms with Gasteiger partial charge in [-0.05, 0) is 23.8 Å². The molecule has 2 rings (SSSR count). The van der Waals surface area contributed by atoms with Gasteiger partial charge in [0.2, 0.25) is 5.91 Å². The maximum Gasteiger partial charge on any atom is 0.292 e. The first-order valence-corrected chi connectivity index (χ1v) is 7.15. The topological polar surface area (TPSA) is 104 Å². The molecule has 0 heterocycles. The van der Waals surface area contributed by atoms with Gasteiger partial charge in [-0.2, -0.15) is 0 Å². The van der Waals surface area contributed by atoms with Gasteiger partial charge in [0, 0.05) is 12.6 Å². The Labute approximate surface area is 137 Å². The second-order valence-corrected chi connectivity index (χ2v) is 5.00. The Bertz CT molecular complexity index is 722. The van der Waals surface area contributed by atoms with E-state index in [2.05, 4.69) is 10.6 Å². The van der Waals surface area contributed by atoms with Crippen molar-refractivity contribution >= 4 is 17.3 Å². The van der Waals surface area contributed by atoms with Crippen molar-refractivity contribution in [3.63, 3.8) is 0 Å². The lowest BCUT2D eigenvalue weighted by atomic mass is 10.1. The molecule has 7 nitrogen and oxygen atoms in total. The minimum atomic E-state index is -0.972. The van der Waals surface area contributed by atoms with Crippen LogP contribution in [-0.2, 0) is 4.79 Å².